The molecule has 3 rings (SSSR count). The molecule has 30 heavy (non-hydrogen) atoms. The summed E-state index contributed by atoms with van der Waals surface area (Å²) in [7, 11) is -6.49. The van der Waals surface area contributed by atoms with Gasteiger partial charge in [0, 0.05) is 31.9 Å². The Morgan fingerprint density at radius 3 is 2.47 bits per heavy atom. The van der Waals surface area contributed by atoms with Crippen molar-refractivity contribution >= 4 is 31.6 Å². The Kier molecular flexibility index (Phi) is 6.44. The molecule has 2 aromatic rings. The molecule has 1 aliphatic rings. The average Bonchev–Trinajstić information content (AvgIpc) is 3.01. The van der Waals surface area contributed by atoms with Crippen LogP contribution in [0, 0.1) is 0 Å². The highest BCUT2D eigenvalue weighted by atomic mass is 32.2. The second-order valence-corrected chi connectivity index (χ2v) is 10.5. The molecule has 1 aromatic carbocycles. The zero-order valence-electron chi connectivity index (χ0n) is 16.7. The molecule has 11 heteroatoms. The van der Waals surface area contributed by atoms with Crippen LogP contribution in [-0.2, 0) is 31.3 Å². The van der Waals surface area contributed by atoms with Crippen molar-refractivity contribution in [3.63, 3.8) is 0 Å². The zero-order chi connectivity index (χ0) is 21.9. The summed E-state index contributed by atoms with van der Waals surface area (Å²) in [6, 6.07) is 7.53. The van der Waals surface area contributed by atoms with Gasteiger partial charge in [0.25, 0.3) is 0 Å². The Balaban J connectivity index is 1.98. The van der Waals surface area contributed by atoms with Gasteiger partial charge in [-0.1, -0.05) is 6.92 Å². The van der Waals surface area contributed by atoms with E-state index >= 15 is 0 Å². The van der Waals surface area contributed by atoms with E-state index in [4.69, 9.17) is 4.74 Å². The molecule has 0 bridgehead atoms. The molecule has 1 fully saturated rings. The molecule has 2 heterocycles. The number of benzene rings is 1. The summed E-state index contributed by atoms with van der Waals surface area (Å²) in [5.74, 6) is -0.814. The van der Waals surface area contributed by atoms with Gasteiger partial charge in [0.1, 0.15) is 10.6 Å². The van der Waals surface area contributed by atoms with E-state index in [2.05, 4.69) is 4.98 Å². The second kappa shape index (κ2) is 8.70. The Labute approximate surface area is 176 Å². The fourth-order valence-electron chi connectivity index (χ4n) is 3.25. The topological polar surface area (TPSA) is 114 Å². The first-order valence-electron chi connectivity index (χ1n) is 9.33. The van der Waals surface area contributed by atoms with Gasteiger partial charge in [0.05, 0.1) is 18.6 Å². The van der Waals surface area contributed by atoms with E-state index in [9.17, 15) is 21.6 Å². The van der Waals surface area contributed by atoms with Gasteiger partial charge < -0.3 is 4.74 Å². The highest BCUT2D eigenvalue weighted by molar-refractivity contribution is 7.94. The molecular formula is C19H23N3O6S2. The van der Waals surface area contributed by atoms with Crippen molar-refractivity contribution in [1.82, 2.24) is 9.29 Å². The number of hydrogen-bond acceptors (Lipinski definition) is 7. The molecule has 0 atom stereocenters. The third-order valence-corrected chi connectivity index (χ3v) is 8.52. The summed E-state index contributed by atoms with van der Waals surface area (Å²) >= 11 is 0. The summed E-state index contributed by atoms with van der Waals surface area (Å²) in [5, 5.41) is 0. The van der Waals surface area contributed by atoms with E-state index in [0.29, 0.717) is 10.7 Å². The third kappa shape index (κ3) is 4.32. The maximum atomic E-state index is 13.4. The number of anilines is 1. The monoisotopic (exact) mass is 453 g/mol. The fourth-order valence-corrected chi connectivity index (χ4v) is 6.33. The van der Waals surface area contributed by atoms with Crippen molar-refractivity contribution in [3.8, 4) is 5.75 Å². The van der Waals surface area contributed by atoms with Gasteiger partial charge in [0.2, 0.25) is 26.0 Å². The smallest absolute Gasteiger partial charge is 0.246 e. The first kappa shape index (κ1) is 22.2. The number of nitrogens with zero attached hydrogens (tertiary/aromatic N) is 3. The van der Waals surface area contributed by atoms with Crippen LogP contribution < -0.4 is 9.04 Å². The van der Waals surface area contributed by atoms with Gasteiger partial charge in [-0.2, -0.15) is 4.31 Å². The van der Waals surface area contributed by atoms with Crippen LogP contribution >= 0.6 is 0 Å². The van der Waals surface area contributed by atoms with Crippen LogP contribution in [0.3, 0.4) is 0 Å². The van der Waals surface area contributed by atoms with E-state index in [-0.39, 0.29) is 41.6 Å². The lowest BCUT2D eigenvalue weighted by Crippen LogP contribution is -2.34. The lowest BCUT2D eigenvalue weighted by molar-refractivity contribution is -0.116. The molecular weight excluding hydrogens is 430 g/mol. The minimum Gasteiger partial charge on any atom is -0.495 e. The van der Waals surface area contributed by atoms with Gasteiger partial charge in [-0.05, 0) is 42.3 Å². The molecule has 1 saturated heterocycles. The van der Waals surface area contributed by atoms with Crippen LogP contribution in [0.5, 0.6) is 5.75 Å². The van der Waals surface area contributed by atoms with Gasteiger partial charge in [-0.25, -0.2) is 21.1 Å². The standard InChI is InChI=1S/C19H23N3O6S2/c1-3-21(12-8-15-6-10-20-11-7-15)30(26,27)18-14-16(4-5-17(18)28-2)22-19(23)9-13-29(22,24)25/h4-7,10-11,14H,3,8-9,12-13H2,1-2H3. The van der Waals surface area contributed by atoms with Crippen molar-refractivity contribution < 1.29 is 26.4 Å². The predicted molar refractivity (Wildman–Crippen MR) is 111 cm³/mol. The minimum atomic E-state index is -4.01. The molecule has 0 saturated carbocycles. The Morgan fingerprint density at radius 1 is 1.20 bits per heavy atom. The number of sulfonamides is 2. The highest BCUT2D eigenvalue weighted by Crippen LogP contribution is 2.34. The second-order valence-electron chi connectivity index (χ2n) is 6.66. The van der Waals surface area contributed by atoms with Crippen molar-refractivity contribution in [2.45, 2.75) is 24.7 Å². The van der Waals surface area contributed by atoms with Crippen LogP contribution in [0.2, 0.25) is 0 Å². The fraction of sp³-hybridized carbons (Fsp3) is 0.368. The zero-order valence-corrected chi connectivity index (χ0v) is 18.3. The Hall–Kier alpha value is -2.50. The lowest BCUT2D eigenvalue weighted by atomic mass is 10.2. The van der Waals surface area contributed by atoms with E-state index in [0.717, 1.165) is 5.56 Å². The quantitative estimate of drug-likeness (QED) is 0.594. The van der Waals surface area contributed by atoms with Crippen molar-refractivity contribution in [3.05, 3.63) is 48.3 Å². The number of aromatic nitrogens is 1. The van der Waals surface area contributed by atoms with Crippen LogP contribution in [-0.4, -0.2) is 58.0 Å². The number of pyridine rings is 1. The summed E-state index contributed by atoms with van der Waals surface area (Å²) in [6.45, 7) is 2.15. The van der Waals surface area contributed by atoms with Gasteiger partial charge in [-0.15, -0.1) is 0 Å². The number of carbonyl (C=O) groups is 1. The van der Waals surface area contributed by atoms with Crippen molar-refractivity contribution in [2.24, 2.45) is 0 Å². The Bertz CT molecular complexity index is 1130. The number of rotatable bonds is 8. The number of carbonyl (C=O) groups excluding carboxylic acids is 1. The molecule has 0 spiro atoms. The molecule has 9 nitrogen and oxygen atoms in total. The Morgan fingerprint density at radius 2 is 1.90 bits per heavy atom. The SMILES string of the molecule is CCN(CCc1ccncc1)S(=O)(=O)c1cc(N2C(=O)CCS2(=O)=O)ccc1OC. The predicted octanol–water partition coefficient (Wildman–Crippen LogP) is 1.41. The van der Waals surface area contributed by atoms with Gasteiger partial charge in [-0.3, -0.25) is 9.78 Å². The summed E-state index contributed by atoms with van der Waals surface area (Å²) in [4.78, 5) is 15.9. The van der Waals surface area contributed by atoms with Crippen molar-refractivity contribution in [2.75, 3.05) is 30.3 Å². The molecule has 1 aromatic heterocycles. The summed E-state index contributed by atoms with van der Waals surface area (Å²) in [6.07, 6.45) is 3.63. The van der Waals surface area contributed by atoms with E-state index in [1.165, 1.54) is 29.6 Å². The molecule has 0 N–H and O–H groups in total. The number of methoxy groups -OCH3 is 1. The maximum Gasteiger partial charge on any atom is 0.246 e. The number of likely N-dealkylation sites (N-methyl/N-ethyl adjacent to an activating group) is 1. The largest absolute Gasteiger partial charge is 0.495 e. The molecule has 162 valence electrons. The molecule has 1 aliphatic heterocycles. The molecule has 0 aliphatic carbocycles. The molecule has 0 radical (unpaired) electrons. The van der Waals surface area contributed by atoms with Crippen LogP contribution in [0.1, 0.15) is 18.9 Å². The average molecular weight is 454 g/mol. The molecule has 0 unspecified atom stereocenters. The maximum absolute atomic E-state index is 13.4. The first-order chi connectivity index (χ1) is 14.2. The van der Waals surface area contributed by atoms with Crippen LogP contribution in [0.4, 0.5) is 5.69 Å². The normalized spacial score (nSPS) is 16.2. The number of amides is 1. The van der Waals surface area contributed by atoms with Gasteiger partial charge >= 0.3 is 0 Å². The van der Waals surface area contributed by atoms with Crippen LogP contribution in [0.25, 0.3) is 0 Å². The van der Waals surface area contributed by atoms with E-state index in [1.807, 2.05) is 12.1 Å². The van der Waals surface area contributed by atoms with E-state index in [1.54, 1.807) is 19.3 Å². The number of ether oxygens (including phenoxy) is 1. The summed E-state index contributed by atoms with van der Waals surface area (Å²) in [5.41, 5.74) is 0.926. The van der Waals surface area contributed by atoms with Crippen LogP contribution in [0.15, 0.2) is 47.6 Å². The van der Waals surface area contributed by atoms with Crippen molar-refractivity contribution in [1.29, 1.82) is 0 Å². The van der Waals surface area contributed by atoms with Gasteiger partial charge in [0.15, 0.2) is 0 Å². The van der Waals surface area contributed by atoms with E-state index < -0.39 is 26.0 Å². The number of hydrogen-bond donors (Lipinski definition) is 0. The minimum absolute atomic E-state index is 0.0120. The highest BCUT2D eigenvalue weighted by Gasteiger charge is 2.37. The summed E-state index contributed by atoms with van der Waals surface area (Å²) < 4.78 is 58.4. The first-order valence-corrected chi connectivity index (χ1v) is 12.4. The lowest BCUT2D eigenvalue weighted by Gasteiger charge is -2.23. The third-order valence-electron chi connectivity index (χ3n) is 4.83. The molecule has 1 amide bonds.